The van der Waals surface area contributed by atoms with Crippen LogP contribution in [-0.2, 0) is 17.9 Å². The van der Waals surface area contributed by atoms with Crippen molar-refractivity contribution in [1.82, 2.24) is 24.9 Å². The van der Waals surface area contributed by atoms with E-state index in [2.05, 4.69) is 15.5 Å². The molecule has 0 aliphatic rings. The normalized spacial score (nSPS) is 13.2. The van der Waals surface area contributed by atoms with Gasteiger partial charge in [0.25, 0.3) is 11.1 Å². The van der Waals surface area contributed by atoms with Gasteiger partial charge in [-0.05, 0) is 32.4 Å². The molecule has 1 amide bonds. The van der Waals surface area contributed by atoms with Gasteiger partial charge in [0.1, 0.15) is 0 Å². The van der Waals surface area contributed by atoms with Crippen LogP contribution in [0.2, 0.25) is 0 Å². The van der Waals surface area contributed by atoms with Crippen molar-refractivity contribution in [2.75, 3.05) is 0 Å². The van der Waals surface area contributed by atoms with Gasteiger partial charge in [0, 0.05) is 23.4 Å². The van der Waals surface area contributed by atoms with Gasteiger partial charge in [-0.15, -0.1) is 0 Å². The lowest BCUT2D eigenvalue weighted by molar-refractivity contribution is -0.123. The van der Waals surface area contributed by atoms with Crippen LogP contribution in [0.15, 0.2) is 64.3 Å². The molecule has 2 heterocycles. The van der Waals surface area contributed by atoms with Gasteiger partial charge in [0.15, 0.2) is 0 Å². The molecule has 0 bridgehead atoms. The summed E-state index contributed by atoms with van der Waals surface area (Å²) in [4.78, 5) is 38.6. The minimum absolute atomic E-state index is 0.169. The second kappa shape index (κ2) is 9.36. The first-order valence-corrected chi connectivity index (χ1v) is 11.2. The fourth-order valence-electron chi connectivity index (χ4n) is 3.99. The quantitative estimate of drug-likeness (QED) is 0.472. The summed E-state index contributed by atoms with van der Waals surface area (Å²) in [6, 6.07) is 14.2. The number of fused-ring (bicyclic) bond motifs is 2. The summed E-state index contributed by atoms with van der Waals surface area (Å²) in [6.45, 7) is 6.26. The second-order valence-electron chi connectivity index (χ2n) is 8.11. The third-order valence-electron chi connectivity index (χ3n) is 5.99. The van der Waals surface area contributed by atoms with Gasteiger partial charge in [-0.3, -0.25) is 14.4 Å². The van der Waals surface area contributed by atoms with E-state index in [9.17, 15) is 14.4 Å². The SMILES string of the molecule is CC[C@@H](Cn1ncc2ccccc2c1=O)NC(=O)[C@H](C)c1nn(CC)c(=O)c2ccccc12. The smallest absolute Gasteiger partial charge is 0.274 e. The molecule has 1 N–H and O–H groups in total. The average molecular weight is 446 g/mol. The Hall–Kier alpha value is -3.81. The van der Waals surface area contributed by atoms with Crippen molar-refractivity contribution >= 4 is 27.5 Å². The minimum Gasteiger partial charge on any atom is -0.351 e. The number of carbonyl (C=O) groups excluding carboxylic acids is 1. The zero-order valence-corrected chi connectivity index (χ0v) is 19.0. The molecule has 4 aromatic rings. The standard InChI is InChI=1S/C25H27N5O3/c1-4-18(15-30-24(32)19-11-7-6-10-17(19)14-26-30)27-23(31)16(3)22-20-12-8-9-13-21(20)25(33)29(5-2)28-22/h6-14,16,18H,4-5,15H2,1-3H3,(H,27,31)/t16-,18+/m1/s1. The van der Waals surface area contributed by atoms with Crippen LogP contribution in [0.4, 0.5) is 0 Å². The molecule has 2 atom stereocenters. The number of hydrogen-bond donors (Lipinski definition) is 1. The van der Waals surface area contributed by atoms with Crippen molar-refractivity contribution in [2.45, 2.75) is 52.2 Å². The highest BCUT2D eigenvalue weighted by atomic mass is 16.2. The number of hydrogen-bond acceptors (Lipinski definition) is 5. The molecule has 0 radical (unpaired) electrons. The molecule has 0 fully saturated rings. The van der Waals surface area contributed by atoms with Crippen LogP contribution in [0.5, 0.6) is 0 Å². The first-order chi connectivity index (χ1) is 15.9. The Morgan fingerprint density at radius 3 is 2.27 bits per heavy atom. The minimum atomic E-state index is -0.580. The molecule has 2 aromatic carbocycles. The maximum Gasteiger partial charge on any atom is 0.274 e. The van der Waals surface area contributed by atoms with Gasteiger partial charge in [-0.1, -0.05) is 43.3 Å². The van der Waals surface area contributed by atoms with Gasteiger partial charge in [0.05, 0.1) is 35.1 Å². The molecule has 8 heteroatoms. The zero-order chi connectivity index (χ0) is 23.5. The Morgan fingerprint density at radius 2 is 1.58 bits per heavy atom. The van der Waals surface area contributed by atoms with E-state index >= 15 is 0 Å². The van der Waals surface area contributed by atoms with E-state index in [1.54, 1.807) is 31.3 Å². The molecule has 170 valence electrons. The number of nitrogens with zero attached hydrogens (tertiary/aromatic N) is 4. The Morgan fingerprint density at radius 1 is 0.939 bits per heavy atom. The van der Waals surface area contributed by atoms with Crippen LogP contribution in [0.25, 0.3) is 21.5 Å². The first-order valence-electron chi connectivity index (χ1n) is 11.2. The predicted octanol–water partition coefficient (Wildman–Crippen LogP) is 2.82. The largest absolute Gasteiger partial charge is 0.351 e. The van der Waals surface area contributed by atoms with Crippen molar-refractivity contribution in [1.29, 1.82) is 0 Å². The third kappa shape index (κ3) is 4.28. The number of rotatable bonds is 7. The maximum atomic E-state index is 13.2. The van der Waals surface area contributed by atoms with Crippen molar-refractivity contribution in [2.24, 2.45) is 0 Å². The zero-order valence-electron chi connectivity index (χ0n) is 19.0. The van der Waals surface area contributed by atoms with Crippen molar-refractivity contribution in [3.8, 4) is 0 Å². The van der Waals surface area contributed by atoms with Crippen LogP contribution >= 0.6 is 0 Å². The predicted molar refractivity (Wildman–Crippen MR) is 128 cm³/mol. The summed E-state index contributed by atoms with van der Waals surface area (Å²) in [5.41, 5.74) is 0.203. The summed E-state index contributed by atoms with van der Waals surface area (Å²) in [6.07, 6.45) is 2.29. The summed E-state index contributed by atoms with van der Waals surface area (Å²) in [5, 5.41) is 14.4. The Labute approximate surface area is 190 Å². The molecule has 8 nitrogen and oxygen atoms in total. The first kappa shape index (κ1) is 22.4. The molecular weight excluding hydrogens is 418 g/mol. The fraction of sp³-hybridized carbons (Fsp3) is 0.320. The van der Waals surface area contributed by atoms with E-state index in [0.717, 1.165) is 5.39 Å². The highest BCUT2D eigenvalue weighted by Crippen LogP contribution is 2.22. The van der Waals surface area contributed by atoms with E-state index in [1.165, 1.54) is 9.36 Å². The van der Waals surface area contributed by atoms with E-state index in [0.29, 0.717) is 34.8 Å². The van der Waals surface area contributed by atoms with Crippen LogP contribution < -0.4 is 16.4 Å². The molecule has 33 heavy (non-hydrogen) atoms. The highest BCUT2D eigenvalue weighted by Gasteiger charge is 2.24. The summed E-state index contributed by atoms with van der Waals surface area (Å²) >= 11 is 0. The van der Waals surface area contributed by atoms with E-state index in [4.69, 9.17) is 0 Å². The van der Waals surface area contributed by atoms with Gasteiger partial charge in [-0.2, -0.15) is 10.2 Å². The molecule has 0 saturated carbocycles. The van der Waals surface area contributed by atoms with E-state index in [-0.39, 0.29) is 29.6 Å². The lowest BCUT2D eigenvalue weighted by Crippen LogP contribution is -2.42. The molecule has 0 unspecified atom stereocenters. The Bertz CT molecular complexity index is 1440. The number of amides is 1. The molecule has 4 rings (SSSR count). The van der Waals surface area contributed by atoms with Crippen LogP contribution in [0.3, 0.4) is 0 Å². The van der Waals surface area contributed by atoms with Crippen LogP contribution in [-0.4, -0.2) is 31.5 Å². The highest BCUT2D eigenvalue weighted by molar-refractivity contribution is 5.91. The Balaban J connectivity index is 1.60. The third-order valence-corrected chi connectivity index (χ3v) is 5.99. The topological polar surface area (TPSA) is 98.9 Å². The van der Waals surface area contributed by atoms with Gasteiger partial charge in [-0.25, -0.2) is 9.36 Å². The number of nitrogens with one attached hydrogen (secondary N) is 1. The lowest BCUT2D eigenvalue weighted by atomic mass is 10.00. The number of aromatic nitrogens is 4. The van der Waals surface area contributed by atoms with E-state index < -0.39 is 5.92 Å². The Kier molecular flexibility index (Phi) is 6.35. The molecule has 0 aliphatic heterocycles. The van der Waals surface area contributed by atoms with Gasteiger partial charge in [0.2, 0.25) is 5.91 Å². The number of benzene rings is 2. The molecule has 0 saturated heterocycles. The van der Waals surface area contributed by atoms with E-state index in [1.807, 2.05) is 44.2 Å². The molecule has 0 spiro atoms. The second-order valence-corrected chi connectivity index (χ2v) is 8.11. The number of aryl methyl sites for hydroxylation is 1. The fourth-order valence-corrected chi connectivity index (χ4v) is 3.99. The van der Waals surface area contributed by atoms with Crippen LogP contribution in [0, 0.1) is 0 Å². The lowest BCUT2D eigenvalue weighted by Gasteiger charge is -2.21. The van der Waals surface area contributed by atoms with Crippen molar-refractivity contribution < 1.29 is 4.79 Å². The number of carbonyl (C=O) groups is 1. The van der Waals surface area contributed by atoms with Gasteiger partial charge >= 0.3 is 0 Å². The average Bonchev–Trinajstić information content (AvgIpc) is 2.85. The summed E-state index contributed by atoms with van der Waals surface area (Å²) < 4.78 is 2.78. The maximum absolute atomic E-state index is 13.2. The molecule has 2 aromatic heterocycles. The monoisotopic (exact) mass is 445 g/mol. The summed E-state index contributed by atoms with van der Waals surface area (Å²) in [7, 11) is 0. The summed E-state index contributed by atoms with van der Waals surface area (Å²) in [5.74, 6) is -0.793. The molecule has 0 aliphatic carbocycles. The molecular formula is C25H27N5O3. The van der Waals surface area contributed by atoms with Crippen LogP contribution in [0.1, 0.15) is 38.8 Å². The van der Waals surface area contributed by atoms with Crippen molar-refractivity contribution in [3.63, 3.8) is 0 Å². The van der Waals surface area contributed by atoms with Gasteiger partial charge < -0.3 is 5.32 Å². The van der Waals surface area contributed by atoms with Crippen molar-refractivity contribution in [3.05, 3.63) is 81.1 Å².